The summed E-state index contributed by atoms with van der Waals surface area (Å²) in [5.41, 5.74) is 7.39. The van der Waals surface area contributed by atoms with Crippen LogP contribution in [0.5, 0.6) is 5.75 Å². The number of hydrogen-bond acceptors (Lipinski definition) is 5. The number of aromatic amines is 1. The average Bonchev–Trinajstić information content (AvgIpc) is 3.05. The molecule has 0 unspecified atom stereocenters. The van der Waals surface area contributed by atoms with E-state index in [2.05, 4.69) is 15.0 Å². The average molecular weight is 428 g/mol. The lowest BCUT2D eigenvalue weighted by molar-refractivity contribution is -0.153. The number of hydrogen-bond donors (Lipinski definition) is 2. The minimum atomic E-state index is -4.42. The third-order valence-corrected chi connectivity index (χ3v) is 4.66. The number of para-hydroxylation sites is 2. The van der Waals surface area contributed by atoms with E-state index in [-0.39, 0.29) is 11.5 Å². The van der Waals surface area contributed by atoms with Gasteiger partial charge in [0.25, 0.3) is 0 Å². The molecule has 0 amide bonds. The SMILES string of the molecule is CC(C)N.Cc1c(OCC(F)(F)F)ccnc1C[S@@](=O)c1nc2ccccc2[nH]1. The number of halogens is 3. The Bertz CT molecular complexity index is 938. The number of rotatable bonds is 5. The van der Waals surface area contributed by atoms with E-state index in [9.17, 15) is 17.4 Å². The van der Waals surface area contributed by atoms with E-state index in [1.165, 1.54) is 12.3 Å². The van der Waals surface area contributed by atoms with Crippen LogP contribution in [0.3, 0.4) is 0 Å². The van der Waals surface area contributed by atoms with Crippen LogP contribution in [0.2, 0.25) is 0 Å². The molecule has 3 aromatic rings. The molecule has 0 spiro atoms. The van der Waals surface area contributed by atoms with Crippen LogP contribution < -0.4 is 10.5 Å². The summed E-state index contributed by atoms with van der Waals surface area (Å²) in [7, 11) is -1.51. The number of nitrogens with one attached hydrogen (secondary N) is 1. The maximum absolute atomic E-state index is 12.5. The van der Waals surface area contributed by atoms with Crippen molar-refractivity contribution in [3.8, 4) is 5.75 Å². The molecule has 1 aromatic carbocycles. The first-order chi connectivity index (χ1) is 13.6. The van der Waals surface area contributed by atoms with Gasteiger partial charge < -0.3 is 15.5 Å². The largest absolute Gasteiger partial charge is 0.484 e. The van der Waals surface area contributed by atoms with Gasteiger partial charge in [-0.1, -0.05) is 26.0 Å². The van der Waals surface area contributed by atoms with Gasteiger partial charge in [0.1, 0.15) is 5.75 Å². The van der Waals surface area contributed by atoms with E-state index >= 15 is 0 Å². The molecule has 0 bridgehead atoms. The molecule has 158 valence electrons. The first-order valence-electron chi connectivity index (χ1n) is 8.79. The fourth-order valence-electron chi connectivity index (χ4n) is 2.25. The molecular formula is C19H23F3N4O2S. The van der Waals surface area contributed by atoms with Crippen LogP contribution in [0.15, 0.2) is 41.7 Å². The third kappa shape index (κ3) is 7.13. The van der Waals surface area contributed by atoms with Gasteiger partial charge in [0.15, 0.2) is 11.8 Å². The number of aromatic nitrogens is 3. The highest BCUT2D eigenvalue weighted by atomic mass is 32.2. The maximum Gasteiger partial charge on any atom is 0.422 e. The first-order valence-corrected chi connectivity index (χ1v) is 10.1. The number of nitrogens with zero attached hydrogens (tertiary/aromatic N) is 2. The van der Waals surface area contributed by atoms with Crippen LogP contribution >= 0.6 is 0 Å². The van der Waals surface area contributed by atoms with Gasteiger partial charge in [0.05, 0.1) is 33.3 Å². The van der Waals surface area contributed by atoms with E-state index in [0.29, 0.717) is 28.0 Å². The molecule has 0 fully saturated rings. The van der Waals surface area contributed by atoms with E-state index in [0.717, 1.165) is 5.52 Å². The standard InChI is InChI=1S/C16H14F3N3O2S.C3H9N/c1-10-13(20-7-6-14(10)24-9-16(17,18)19)8-25(23)15-21-11-4-2-3-5-12(11)22-15;1-3(2)4/h2-7H,8-9H2,1H3,(H,21,22);3H,4H2,1-2H3/t25-;/m1./s1. The summed E-state index contributed by atoms with van der Waals surface area (Å²) in [5.74, 6) is 0.0958. The second-order valence-corrected chi connectivity index (χ2v) is 7.94. The van der Waals surface area contributed by atoms with Gasteiger partial charge in [-0.15, -0.1) is 0 Å². The molecule has 2 aromatic heterocycles. The molecule has 1 atom stereocenters. The van der Waals surface area contributed by atoms with Gasteiger partial charge in [0.2, 0.25) is 0 Å². The van der Waals surface area contributed by atoms with Gasteiger partial charge in [-0.3, -0.25) is 9.19 Å². The van der Waals surface area contributed by atoms with Crippen molar-refractivity contribution in [2.75, 3.05) is 6.61 Å². The Morgan fingerprint density at radius 1 is 1.24 bits per heavy atom. The van der Waals surface area contributed by atoms with Crippen molar-refractivity contribution in [2.24, 2.45) is 5.73 Å². The van der Waals surface area contributed by atoms with Crippen LogP contribution in [0.1, 0.15) is 25.1 Å². The molecule has 3 rings (SSSR count). The molecule has 0 radical (unpaired) electrons. The van der Waals surface area contributed by atoms with Gasteiger partial charge in [0, 0.05) is 11.8 Å². The Kier molecular flexibility index (Phi) is 7.74. The number of fused-ring (bicyclic) bond motifs is 1. The third-order valence-electron chi connectivity index (χ3n) is 3.50. The molecule has 3 N–H and O–H groups in total. The molecule has 10 heteroatoms. The minimum absolute atomic E-state index is 0.0227. The summed E-state index contributed by atoms with van der Waals surface area (Å²) in [4.78, 5) is 11.3. The van der Waals surface area contributed by atoms with E-state index in [1.807, 2.05) is 32.0 Å². The number of alkyl halides is 3. The Morgan fingerprint density at radius 3 is 2.52 bits per heavy atom. The fraction of sp³-hybridized carbons (Fsp3) is 0.368. The van der Waals surface area contributed by atoms with Crippen LogP contribution in [-0.2, 0) is 16.6 Å². The topological polar surface area (TPSA) is 93.9 Å². The molecular weight excluding hydrogens is 405 g/mol. The van der Waals surface area contributed by atoms with Crippen LogP contribution in [0, 0.1) is 6.92 Å². The van der Waals surface area contributed by atoms with Crippen molar-refractivity contribution in [3.05, 3.63) is 47.8 Å². The van der Waals surface area contributed by atoms with Crippen molar-refractivity contribution in [1.82, 2.24) is 15.0 Å². The molecule has 0 aliphatic heterocycles. The summed E-state index contributed by atoms with van der Waals surface area (Å²) in [6, 6.07) is 8.96. The summed E-state index contributed by atoms with van der Waals surface area (Å²) in [6.45, 7) is 4.09. The van der Waals surface area contributed by atoms with Crippen molar-refractivity contribution in [2.45, 2.75) is 43.9 Å². The molecule has 2 heterocycles. The maximum atomic E-state index is 12.5. The molecule has 0 saturated carbocycles. The number of pyridine rings is 1. The Balaban J connectivity index is 0.000000687. The highest BCUT2D eigenvalue weighted by Gasteiger charge is 2.29. The molecule has 29 heavy (non-hydrogen) atoms. The summed E-state index contributed by atoms with van der Waals surface area (Å²) in [5, 5.41) is 0.295. The molecule has 0 aliphatic rings. The van der Waals surface area contributed by atoms with Gasteiger partial charge in [-0.25, -0.2) is 4.98 Å². The van der Waals surface area contributed by atoms with Crippen LogP contribution in [0.4, 0.5) is 13.2 Å². The lowest BCUT2D eigenvalue weighted by Crippen LogP contribution is -2.19. The van der Waals surface area contributed by atoms with E-state index in [4.69, 9.17) is 10.5 Å². The van der Waals surface area contributed by atoms with Crippen LogP contribution in [-0.4, -0.2) is 38.0 Å². The summed E-state index contributed by atoms with van der Waals surface area (Å²) in [6.07, 6.45) is -3.09. The first kappa shape index (κ1) is 22.8. The van der Waals surface area contributed by atoms with Crippen molar-refractivity contribution in [1.29, 1.82) is 0 Å². The minimum Gasteiger partial charge on any atom is -0.484 e. The second kappa shape index (κ2) is 9.84. The molecule has 6 nitrogen and oxygen atoms in total. The number of benzene rings is 1. The lowest BCUT2D eigenvalue weighted by Gasteiger charge is -2.13. The van der Waals surface area contributed by atoms with Crippen molar-refractivity contribution < 1.29 is 22.1 Å². The number of H-pyrrole nitrogens is 1. The molecule has 0 aliphatic carbocycles. The summed E-state index contributed by atoms with van der Waals surface area (Å²) >= 11 is 0. The summed E-state index contributed by atoms with van der Waals surface area (Å²) < 4.78 is 54.2. The van der Waals surface area contributed by atoms with Gasteiger partial charge in [-0.2, -0.15) is 13.2 Å². The number of imidazole rings is 1. The van der Waals surface area contributed by atoms with E-state index in [1.54, 1.807) is 13.0 Å². The molecule has 0 saturated heterocycles. The Morgan fingerprint density at radius 2 is 1.90 bits per heavy atom. The zero-order valence-electron chi connectivity index (χ0n) is 16.3. The smallest absolute Gasteiger partial charge is 0.422 e. The second-order valence-electron chi connectivity index (χ2n) is 6.58. The highest BCUT2D eigenvalue weighted by Crippen LogP contribution is 2.24. The predicted molar refractivity (Wildman–Crippen MR) is 106 cm³/mol. The van der Waals surface area contributed by atoms with Crippen molar-refractivity contribution in [3.63, 3.8) is 0 Å². The predicted octanol–water partition coefficient (Wildman–Crippen LogP) is 3.87. The van der Waals surface area contributed by atoms with Gasteiger partial charge in [-0.05, 0) is 31.2 Å². The van der Waals surface area contributed by atoms with Gasteiger partial charge >= 0.3 is 6.18 Å². The monoisotopic (exact) mass is 428 g/mol. The zero-order valence-corrected chi connectivity index (χ0v) is 17.1. The zero-order chi connectivity index (χ0) is 21.6. The Hall–Kier alpha value is -2.46. The van der Waals surface area contributed by atoms with E-state index < -0.39 is 23.6 Å². The highest BCUT2D eigenvalue weighted by molar-refractivity contribution is 7.84. The van der Waals surface area contributed by atoms with Crippen molar-refractivity contribution >= 4 is 21.8 Å². The normalized spacial score (nSPS) is 12.6. The quantitative estimate of drug-likeness (QED) is 0.643. The Labute approximate surface area is 169 Å². The van der Waals surface area contributed by atoms with Crippen LogP contribution in [0.25, 0.3) is 11.0 Å². The fourth-order valence-corrected chi connectivity index (χ4v) is 3.35. The number of nitrogens with two attached hydrogens (primary N) is 1. The number of ether oxygens (including phenoxy) is 1. The lowest BCUT2D eigenvalue weighted by atomic mass is 10.2.